The van der Waals surface area contributed by atoms with Crippen LogP contribution in [0.15, 0.2) is 54.6 Å². The summed E-state index contributed by atoms with van der Waals surface area (Å²) in [7, 11) is 0. The fourth-order valence-electron chi connectivity index (χ4n) is 2.38. The zero-order valence-corrected chi connectivity index (χ0v) is 13.8. The maximum Gasteiger partial charge on any atom is 0.172 e. The number of ether oxygens (including phenoxy) is 2. The number of hydrogen-bond donors (Lipinski definition) is 4. The highest BCUT2D eigenvalue weighted by Crippen LogP contribution is 2.40. The molecular weight excluding hydrogens is 316 g/mol. The molecule has 0 aromatic heterocycles. The zero-order valence-electron chi connectivity index (χ0n) is 13.8. The van der Waals surface area contributed by atoms with Crippen LogP contribution in [0, 0.1) is 6.92 Å². The van der Waals surface area contributed by atoms with E-state index < -0.39 is 0 Å². The Kier molecular flexibility index (Phi) is 4.26. The maximum atomic E-state index is 5.99. The predicted molar refractivity (Wildman–Crippen MR) is 102 cm³/mol. The average molecular weight is 336 g/mol. The smallest absolute Gasteiger partial charge is 0.172 e. The van der Waals surface area contributed by atoms with E-state index in [9.17, 15) is 0 Å². The van der Waals surface area contributed by atoms with Crippen LogP contribution in [0.25, 0.3) is 0 Å². The summed E-state index contributed by atoms with van der Waals surface area (Å²) >= 11 is 0. The summed E-state index contributed by atoms with van der Waals surface area (Å²) in [6, 6.07) is 15.8. The Bertz CT molecular complexity index is 925. The molecule has 0 saturated heterocycles. The number of para-hydroxylation sites is 1. The van der Waals surface area contributed by atoms with Gasteiger partial charge in [-0.25, -0.2) is 0 Å². The molecule has 0 bridgehead atoms. The Labute approximate surface area is 145 Å². The molecule has 0 unspecified atom stereocenters. The first-order chi connectivity index (χ1) is 11.9. The van der Waals surface area contributed by atoms with Crippen molar-refractivity contribution in [3.8, 4) is 23.0 Å². The van der Waals surface area contributed by atoms with Crippen molar-refractivity contribution >= 4 is 22.7 Å². The molecule has 3 aromatic rings. The van der Waals surface area contributed by atoms with Crippen LogP contribution in [0.1, 0.15) is 5.56 Å². The molecule has 0 fully saturated rings. The molecule has 0 amide bonds. The second-order valence-corrected chi connectivity index (χ2v) is 5.70. The molecule has 0 saturated carbocycles. The molecule has 128 valence electrons. The molecule has 3 rings (SSSR count). The number of benzene rings is 3. The molecule has 0 spiro atoms. The van der Waals surface area contributed by atoms with Gasteiger partial charge in [0.25, 0.3) is 0 Å². The number of hydrogen-bond acceptors (Lipinski definition) is 6. The first-order valence-electron chi connectivity index (χ1n) is 7.69. The molecule has 0 aliphatic heterocycles. The van der Waals surface area contributed by atoms with Crippen molar-refractivity contribution in [1.82, 2.24) is 0 Å². The van der Waals surface area contributed by atoms with Crippen molar-refractivity contribution in [3.05, 3.63) is 60.2 Å². The Hall–Kier alpha value is -3.54. The molecule has 3 aromatic carbocycles. The van der Waals surface area contributed by atoms with E-state index in [-0.39, 0.29) is 0 Å². The first kappa shape index (κ1) is 16.3. The number of rotatable bonds is 4. The van der Waals surface area contributed by atoms with E-state index in [1.54, 1.807) is 42.5 Å². The number of anilines is 4. The highest BCUT2D eigenvalue weighted by atomic mass is 16.5. The van der Waals surface area contributed by atoms with E-state index in [2.05, 4.69) is 0 Å². The summed E-state index contributed by atoms with van der Waals surface area (Å²) < 4.78 is 11.9. The minimum Gasteiger partial charge on any atom is -0.451 e. The minimum atomic E-state index is 0.444. The van der Waals surface area contributed by atoms with Crippen LogP contribution in [0.5, 0.6) is 23.0 Å². The van der Waals surface area contributed by atoms with E-state index in [1.165, 1.54) is 0 Å². The van der Waals surface area contributed by atoms with Crippen molar-refractivity contribution in [1.29, 1.82) is 0 Å². The lowest BCUT2D eigenvalue weighted by Crippen LogP contribution is -1.98. The third-order valence-electron chi connectivity index (χ3n) is 3.68. The van der Waals surface area contributed by atoms with E-state index in [0.717, 1.165) is 5.56 Å². The van der Waals surface area contributed by atoms with Gasteiger partial charge in [0.05, 0.1) is 11.4 Å². The number of aryl methyl sites for hydroxylation is 1. The lowest BCUT2D eigenvalue weighted by molar-refractivity contribution is 0.418. The van der Waals surface area contributed by atoms with Crippen molar-refractivity contribution < 1.29 is 9.47 Å². The maximum absolute atomic E-state index is 5.99. The van der Waals surface area contributed by atoms with Gasteiger partial charge in [0.15, 0.2) is 23.0 Å². The third kappa shape index (κ3) is 3.53. The average Bonchev–Trinajstić information content (AvgIpc) is 2.55. The molecule has 0 radical (unpaired) electrons. The van der Waals surface area contributed by atoms with E-state index in [4.69, 9.17) is 32.4 Å². The van der Waals surface area contributed by atoms with Gasteiger partial charge in [-0.1, -0.05) is 12.1 Å². The molecule has 8 N–H and O–H groups in total. The fraction of sp³-hybridized carbons (Fsp3) is 0.0526. The van der Waals surface area contributed by atoms with E-state index in [0.29, 0.717) is 45.7 Å². The van der Waals surface area contributed by atoms with Crippen LogP contribution >= 0.6 is 0 Å². The van der Waals surface area contributed by atoms with Crippen LogP contribution in [0.4, 0.5) is 22.7 Å². The van der Waals surface area contributed by atoms with Gasteiger partial charge < -0.3 is 32.4 Å². The van der Waals surface area contributed by atoms with E-state index in [1.807, 2.05) is 19.1 Å². The fourth-order valence-corrected chi connectivity index (χ4v) is 2.38. The van der Waals surface area contributed by atoms with Crippen molar-refractivity contribution in [2.75, 3.05) is 22.9 Å². The van der Waals surface area contributed by atoms with Gasteiger partial charge in [-0.2, -0.15) is 0 Å². The Morgan fingerprint density at radius 3 is 1.76 bits per heavy atom. The molecule has 25 heavy (non-hydrogen) atoms. The summed E-state index contributed by atoms with van der Waals surface area (Å²) in [5.41, 5.74) is 26.3. The minimum absolute atomic E-state index is 0.444. The Balaban J connectivity index is 1.97. The van der Waals surface area contributed by atoms with Crippen LogP contribution in [-0.2, 0) is 0 Å². The molecule has 6 nitrogen and oxygen atoms in total. The molecular formula is C19H20N4O2. The van der Waals surface area contributed by atoms with E-state index >= 15 is 0 Å². The predicted octanol–water partition coefficient (Wildman–Crippen LogP) is 3.91. The van der Waals surface area contributed by atoms with Crippen LogP contribution in [0.3, 0.4) is 0 Å². The van der Waals surface area contributed by atoms with Crippen LogP contribution in [-0.4, -0.2) is 0 Å². The lowest BCUT2D eigenvalue weighted by Gasteiger charge is -2.16. The van der Waals surface area contributed by atoms with Gasteiger partial charge >= 0.3 is 0 Å². The molecule has 0 heterocycles. The highest BCUT2D eigenvalue weighted by molar-refractivity contribution is 5.64. The summed E-state index contributed by atoms with van der Waals surface area (Å²) in [5.74, 6) is 2.07. The van der Waals surface area contributed by atoms with Crippen LogP contribution < -0.4 is 32.4 Å². The van der Waals surface area contributed by atoms with Gasteiger partial charge in [0.2, 0.25) is 0 Å². The quantitative estimate of drug-likeness (QED) is 0.536. The largest absolute Gasteiger partial charge is 0.451 e. The SMILES string of the molecule is Cc1cccc(Oc2ccc(N)cc2N)c1Oc1ccc(N)cc1N. The lowest BCUT2D eigenvalue weighted by atomic mass is 10.2. The molecule has 0 atom stereocenters. The van der Waals surface area contributed by atoms with Gasteiger partial charge in [0.1, 0.15) is 0 Å². The van der Waals surface area contributed by atoms with Gasteiger partial charge in [-0.3, -0.25) is 0 Å². The van der Waals surface area contributed by atoms with Gasteiger partial charge in [-0.15, -0.1) is 0 Å². The summed E-state index contributed by atoms with van der Waals surface area (Å²) in [4.78, 5) is 0. The summed E-state index contributed by atoms with van der Waals surface area (Å²) in [5, 5.41) is 0. The van der Waals surface area contributed by atoms with Crippen molar-refractivity contribution in [2.45, 2.75) is 6.92 Å². The van der Waals surface area contributed by atoms with Crippen molar-refractivity contribution in [2.24, 2.45) is 0 Å². The number of nitrogen functional groups attached to an aromatic ring is 4. The standard InChI is InChI=1S/C19H20N4O2/c1-11-3-2-4-18(24-16-7-5-12(20)9-14(16)22)19(11)25-17-8-6-13(21)10-15(17)23/h2-10H,20-23H2,1H3. The highest BCUT2D eigenvalue weighted by Gasteiger charge is 2.13. The monoisotopic (exact) mass is 336 g/mol. The first-order valence-corrected chi connectivity index (χ1v) is 7.69. The van der Waals surface area contributed by atoms with Crippen LogP contribution in [0.2, 0.25) is 0 Å². The normalized spacial score (nSPS) is 10.4. The topological polar surface area (TPSA) is 123 Å². The Morgan fingerprint density at radius 2 is 1.20 bits per heavy atom. The van der Waals surface area contributed by atoms with Gasteiger partial charge in [-0.05, 0) is 55.0 Å². The summed E-state index contributed by atoms with van der Waals surface area (Å²) in [6.07, 6.45) is 0. The van der Waals surface area contributed by atoms with Crippen molar-refractivity contribution in [3.63, 3.8) is 0 Å². The number of nitrogens with two attached hydrogens (primary N) is 4. The summed E-state index contributed by atoms with van der Waals surface area (Å²) in [6.45, 7) is 1.92. The second-order valence-electron chi connectivity index (χ2n) is 5.70. The third-order valence-corrected chi connectivity index (χ3v) is 3.68. The zero-order chi connectivity index (χ0) is 18.0. The molecule has 0 aliphatic rings. The molecule has 6 heteroatoms. The Morgan fingerprint density at radius 1 is 0.640 bits per heavy atom. The second kappa shape index (κ2) is 6.52. The van der Waals surface area contributed by atoms with Gasteiger partial charge in [0, 0.05) is 11.4 Å². The molecule has 0 aliphatic carbocycles.